The molecule has 0 unspecified atom stereocenters. The number of hydrogen-bond donors (Lipinski definition) is 0. The fraction of sp³-hybridized carbons (Fsp3) is 0.118. The van der Waals surface area contributed by atoms with Gasteiger partial charge in [-0.05, 0) is 34.5 Å². The van der Waals surface area contributed by atoms with Crippen LogP contribution in [0.1, 0.15) is 21.5 Å². The Labute approximate surface area is 130 Å². The second kappa shape index (κ2) is 5.51. The summed E-state index contributed by atoms with van der Waals surface area (Å²) in [7, 11) is 0. The first-order chi connectivity index (χ1) is 9.65. The van der Waals surface area contributed by atoms with Crippen LogP contribution in [0.3, 0.4) is 0 Å². The van der Waals surface area contributed by atoms with Crippen molar-refractivity contribution in [3.05, 3.63) is 69.0 Å². The van der Waals surface area contributed by atoms with E-state index in [0.29, 0.717) is 6.42 Å². The van der Waals surface area contributed by atoms with E-state index in [9.17, 15) is 4.79 Å². The lowest BCUT2D eigenvalue weighted by molar-refractivity contribution is 0.0995. The van der Waals surface area contributed by atoms with Crippen molar-refractivity contribution >= 4 is 43.1 Å². The van der Waals surface area contributed by atoms with E-state index in [0.717, 1.165) is 25.7 Å². The molecule has 0 fully saturated rings. The van der Waals surface area contributed by atoms with Crippen LogP contribution in [-0.4, -0.2) is 5.78 Å². The van der Waals surface area contributed by atoms with E-state index in [4.69, 9.17) is 0 Å². The molecule has 1 nitrogen and oxygen atoms in total. The van der Waals surface area contributed by atoms with Gasteiger partial charge in [0.05, 0.1) is 0 Å². The summed E-state index contributed by atoms with van der Waals surface area (Å²) in [6.07, 6.45) is 0.458. The molecule has 0 radical (unpaired) electrons. The van der Waals surface area contributed by atoms with Gasteiger partial charge < -0.3 is 0 Å². The third kappa shape index (κ3) is 2.56. The molecule has 3 aromatic rings. The summed E-state index contributed by atoms with van der Waals surface area (Å²) in [5, 5.41) is 3.01. The molecule has 0 spiro atoms. The first-order valence-electron chi connectivity index (χ1n) is 6.39. The van der Waals surface area contributed by atoms with E-state index in [-0.39, 0.29) is 5.78 Å². The highest BCUT2D eigenvalue weighted by Crippen LogP contribution is 2.32. The standard InChI is InChI=1S/C17H13BrOS/c1-11-4-2-5-12(8-11)9-16(19)14-10-20-17-13(14)6-3-7-15(17)18/h2-8,10H,9H2,1H3. The first-order valence-corrected chi connectivity index (χ1v) is 8.07. The van der Waals surface area contributed by atoms with Gasteiger partial charge >= 0.3 is 0 Å². The average Bonchev–Trinajstić information content (AvgIpc) is 2.84. The smallest absolute Gasteiger partial charge is 0.168 e. The molecule has 0 saturated heterocycles. The summed E-state index contributed by atoms with van der Waals surface area (Å²) in [6.45, 7) is 2.05. The highest BCUT2D eigenvalue weighted by molar-refractivity contribution is 9.10. The van der Waals surface area contributed by atoms with Gasteiger partial charge in [0.25, 0.3) is 0 Å². The predicted molar refractivity (Wildman–Crippen MR) is 88.7 cm³/mol. The fourth-order valence-corrected chi connectivity index (χ4v) is 3.97. The number of benzene rings is 2. The van der Waals surface area contributed by atoms with E-state index >= 15 is 0 Å². The zero-order chi connectivity index (χ0) is 14.1. The van der Waals surface area contributed by atoms with Crippen molar-refractivity contribution in [2.45, 2.75) is 13.3 Å². The lowest BCUT2D eigenvalue weighted by atomic mass is 10.0. The topological polar surface area (TPSA) is 17.1 Å². The van der Waals surface area contributed by atoms with Crippen molar-refractivity contribution in [2.24, 2.45) is 0 Å². The van der Waals surface area contributed by atoms with Crippen molar-refractivity contribution in [1.82, 2.24) is 0 Å². The van der Waals surface area contributed by atoms with E-state index in [1.807, 2.05) is 48.7 Å². The molecule has 0 N–H and O–H groups in total. The van der Waals surface area contributed by atoms with Crippen molar-refractivity contribution in [1.29, 1.82) is 0 Å². The molecular formula is C17H13BrOS. The molecule has 100 valence electrons. The number of Topliss-reactive ketones (excluding diaryl/α,β-unsaturated/α-hetero) is 1. The van der Waals surface area contributed by atoms with Gasteiger partial charge in [-0.1, -0.05) is 42.0 Å². The fourth-order valence-electron chi connectivity index (χ4n) is 2.34. The van der Waals surface area contributed by atoms with Crippen LogP contribution in [0.5, 0.6) is 0 Å². The van der Waals surface area contributed by atoms with Crippen LogP contribution in [0, 0.1) is 6.92 Å². The highest BCUT2D eigenvalue weighted by atomic mass is 79.9. The van der Waals surface area contributed by atoms with Crippen molar-refractivity contribution < 1.29 is 4.79 Å². The first kappa shape index (κ1) is 13.5. The maximum atomic E-state index is 12.5. The minimum atomic E-state index is 0.181. The summed E-state index contributed by atoms with van der Waals surface area (Å²) in [6, 6.07) is 14.1. The van der Waals surface area contributed by atoms with E-state index in [2.05, 4.69) is 22.0 Å². The predicted octanol–water partition coefficient (Wildman–Crippen LogP) is 5.40. The number of carbonyl (C=O) groups excluding carboxylic acids is 1. The minimum absolute atomic E-state index is 0.181. The van der Waals surface area contributed by atoms with Crippen LogP contribution < -0.4 is 0 Å². The molecule has 0 bridgehead atoms. The number of hydrogen-bond acceptors (Lipinski definition) is 2. The molecule has 0 aliphatic heterocycles. The summed E-state index contributed by atoms with van der Waals surface area (Å²) in [5.74, 6) is 0.181. The lowest BCUT2D eigenvalue weighted by Crippen LogP contribution is -2.02. The molecule has 0 amide bonds. The summed E-state index contributed by atoms with van der Waals surface area (Å²) >= 11 is 5.15. The monoisotopic (exact) mass is 344 g/mol. The Morgan fingerprint density at radius 2 is 2.00 bits per heavy atom. The summed E-state index contributed by atoms with van der Waals surface area (Å²) in [4.78, 5) is 12.5. The molecule has 3 heteroatoms. The summed E-state index contributed by atoms with van der Waals surface area (Å²) in [5.41, 5.74) is 3.09. The molecule has 0 saturated carbocycles. The van der Waals surface area contributed by atoms with Gasteiger partial charge in [-0.3, -0.25) is 4.79 Å². The number of aryl methyl sites for hydroxylation is 1. The van der Waals surface area contributed by atoms with Gasteiger partial charge in [-0.2, -0.15) is 0 Å². The van der Waals surface area contributed by atoms with Crippen molar-refractivity contribution in [3.8, 4) is 0 Å². The third-order valence-corrected chi connectivity index (χ3v) is 5.25. The van der Waals surface area contributed by atoms with Gasteiger partial charge in [-0.15, -0.1) is 11.3 Å². The van der Waals surface area contributed by atoms with Gasteiger partial charge in [0.1, 0.15) is 0 Å². The maximum Gasteiger partial charge on any atom is 0.168 e. The second-order valence-corrected chi connectivity index (χ2v) is 6.59. The van der Waals surface area contributed by atoms with Gasteiger partial charge in [0.15, 0.2) is 5.78 Å². The number of thiophene rings is 1. The Kier molecular flexibility index (Phi) is 3.72. The Balaban J connectivity index is 1.95. The molecule has 20 heavy (non-hydrogen) atoms. The average molecular weight is 345 g/mol. The molecule has 0 aliphatic rings. The van der Waals surface area contributed by atoms with Crippen LogP contribution in [0.15, 0.2) is 52.3 Å². The highest BCUT2D eigenvalue weighted by Gasteiger charge is 2.14. The second-order valence-electron chi connectivity index (χ2n) is 4.85. The number of carbonyl (C=O) groups is 1. The molecule has 2 aromatic carbocycles. The molecule has 0 atom stereocenters. The normalized spacial score (nSPS) is 10.9. The number of rotatable bonds is 3. The maximum absolute atomic E-state index is 12.5. The largest absolute Gasteiger partial charge is 0.294 e. The Morgan fingerprint density at radius 3 is 2.80 bits per heavy atom. The van der Waals surface area contributed by atoms with E-state index in [1.54, 1.807) is 11.3 Å². The number of ketones is 1. The van der Waals surface area contributed by atoms with Crippen LogP contribution in [-0.2, 0) is 6.42 Å². The van der Waals surface area contributed by atoms with Gasteiger partial charge in [0.2, 0.25) is 0 Å². The van der Waals surface area contributed by atoms with Gasteiger partial charge in [-0.25, -0.2) is 0 Å². The van der Waals surface area contributed by atoms with E-state index < -0.39 is 0 Å². The zero-order valence-electron chi connectivity index (χ0n) is 11.0. The van der Waals surface area contributed by atoms with Crippen LogP contribution >= 0.6 is 27.3 Å². The third-order valence-electron chi connectivity index (χ3n) is 3.30. The number of halogens is 1. The van der Waals surface area contributed by atoms with Crippen LogP contribution in [0.25, 0.3) is 10.1 Å². The van der Waals surface area contributed by atoms with Crippen molar-refractivity contribution in [2.75, 3.05) is 0 Å². The number of fused-ring (bicyclic) bond motifs is 1. The van der Waals surface area contributed by atoms with Crippen LogP contribution in [0.4, 0.5) is 0 Å². The molecule has 1 aromatic heterocycles. The van der Waals surface area contributed by atoms with Gasteiger partial charge in [0, 0.05) is 31.9 Å². The molecule has 1 heterocycles. The van der Waals surface area contributed by atoms with Crippen LogP contribution in [0.2, 0.25) is 0 Å². The zero-order valence-corrected chi connectivity index (χ0v) is 13.4. The Morgan fingerprint density at radius 1 is 1.20 bits per heavy atom. The Hall–Kier alpha value is -1.45. The summed E-state index contributed by atoms with van der Waals surface area (Å²) < 4.78 is 2.19. The quantitative estimate of drug-likeness (QED) is 0.581. The molecule has 3 rings (SSSR count). The van der Waals surface area contributed by atoms with E-state index in [1.165, 1.54) is 5.56 Å². The molecular weight excluding hydrogens is 332 g/mol. The molecule has 0 aliphatic carbocycles. The van der Waals surface area contributed by atoms with Crippen molar-refractivity contribution in [3.63, 3.8) is 0 Å². The lowest BCUT2D eigenvalue weighted by Gasteiger charge is -2.02. The Bertz CT molecular complexity index is 789. The minimum Gasteiger partial charge on any atom is -0.294 e. The SMILES string of the molecule is Cc1cccc(CC(=O)c2csc3c(Br)cccc23)c1.